The molecule has 0 saturated carbocycles. The molecular formula is C18H19F3N2O6. The summed E-state index contributed by atoms with van der Waals surface area (Å²) < 4.78 is 46.7. The maximum absolute atomic E-state index is 12.5. The highest BCUT2D eigenvalue weighted by Crippen LogP contribution is 2.39. The van der Waals surface area contributed by atoms with Gasteiger partial charge in [0.15, 0.2) is 12.3 Å². The second kappa shape index (κ2) is 8.64. The Morgan fingerprint density at radius 3 is 2.31 bits per heavy atom. The van der Waals surface area contributed by atoms with Gasteiger partial charge in [-0.2, -0.15) is 18.4 Å². The number of dihydropyridines is 1. The molecule has 0 radical (unpaired) electrons. The summed E-state index contributed by atoms with van der Waals surface area (Å²) in [5.74, 6) is -3.29. The van der Waals surface area contributed by atoms with Crippen LogP contribution in [0, 0.1) is 5.21 Å². The minimum absolute atomic E-state index is 0.0420. The Labute approximate surface area is 163 Å². The van der Waals surface area contributed by atoms with Crippen molar-refractivity contribution < 1.29 is 42.7 Å². The van der Waals surface area contributed by atoms with Gasteiger partial charge >= 0.3 is 18.1 Å². The number of hydrogen-bond donors (Lipinski definition) is 3. The number of esters is 2. The van der Waals surface area contributed by atoms with Crippen LogP contribution in [-0.2, 0) is 19.1 Å². The lowest BCUT2D eigenvalue weighted by Gasteiger charge is -2.30. The van der Waals surface area contributed by atoms with Crippen molar-refractivity contribution >= 4 is 17.6 Å². The standard InChI is InChI=1S/C18H19F3N2O6/c1-9-13(16(24)28-3)15(11-5-4-6-12(7-11)23(26)27)14(10(2)22-9)17(25)29-8-18(19,20)21/h4-7,15,22-23,26H,8H2,1-3H3. The van der Waals surface area contributed by atoms with E-state index in [4.69, 9.17) is 4.74 Å². The molecule has 1 aliphatic heterocycles. The van der Waals surface area contributed by atoms with Crippen LogP contribution in [0.3, 0.4) is 0 Å². The highest BCUT2D eigenvalue weighted by Gasteiger charge is 2.39. The van der Waals surface area contributed by atoms with Gasteiger partial charge in [0.1, 0.15) is 0 Å². The Balaban J connectivity index is 2.60. The molecule has 0 fully saturated rings. The molecule has 0 spiro atoms. The van der Waals surface area contributed by atoms with Crippen molar-refractivity contribution in [2.45, 2.75) is 25.9 Å². The number of halogens is 3. The molecular weight excluding hydrogens is 397 g/mol. The van der Waals surface area contributed by atoms with Crippen LogP contribution in [0.4, 0.5) is 18.9 Å². The van der Waals surface area contributed by atoms with Crippen molar-refractivity contribution in [2.24, 2.45) is 0 Å². The van der Waals surface area contributed by atoms with Gasteiger partial charge in [0.2, 0.25) is 0 Å². The van der Waals surface area contributed by atoms with E-state index in [1.54, 1.807) is 0 Å². The van der Waals surface area contributed by atoms with E-state index in [0.717, 1.165) is 7.11 Å². The summed E-state index contributed by atoms with van der Waals surface area (Å²) >= 11 is 0. The molecule has 2 rings (SSSR count). The lowest BCUT2D eigenvalue weighted by molar-refractivity contribution is -0.991. The lowest BCUT2D eigenvalue weighted by atomic mass is 9.80. The van der Waals surface area contributed by atoms with Crippen LogP contribution >= 0.6 is 0 Å². The zero-order valence-electron chi connectivity index (χ0n) is 15.7. The highest BCUT2D eigenvalue weighted by molar-refractivity contribution is 5.99. The predicted octanol–water partition coefficient (Wildman–Crippen LogP) is 1.60. The molecule has 2 unspecified atom stereocenters. The molecule has 2 atom stereocenters. The van der Waals surface area contributed by atoms with Crippen LogP contribution in [0.15, 0.2) is 46.8 Å². The van der Waals surface area contributed by atoms with Gasteiger partial charge in [0.05, 0.1) is 24.2 Å². The Kier molecular flexibility index (Phi) is 6.67. The highest BCUT2D eigenvalue weighted by atomic mass is 19.4. The SMILES string of the molecule is COC(=O)C1=C(C)NC(C)=C(C(=O)OCC(F)(F)F)C1c1cccc([NH+]([O-])O)c1. The number of allylic oxidation sites excluding steroid dienone is 2. The molecule has 11 heteroatoms. The molecule has 1 heterocycles. The monoisotopic (exact) mass is 416 g/mol. The lowest BCUT2D eigenvalue weighted by Crippen LogP contribution is -2.99. The van der Waals surface area contributed by atoms with E-state index in [0.29, 0.717) is 5.70 Å². The van der Waals surface area contributed by atoms with Gasteiger partial charge in [-0.15, -0.1) is 0 Å². The number of nitrogens with one attached hydrogen (secondary N) is 2. The summed E-state index contributed by atoms with van der Waals surface area (Å²) in [5.41, 5.74) is 0.288. The van der Waals surface area contributed by atoms with Crippen molar-refractivity contribution in [1.29, 1.82) is 0 Å². The van der Waals surface area contributed by atoms with Crippen LogP contribution in [0.25, 0.3) is 0 Å². The number of ether oxygens (including phenoxy) is 2. The third kappa shape index (κ3) is 5.13. The molecule has 0 saturated heterocycles. The van der Waals surface area contributed by atoms with Gasteiger partial charge in [0, 0.05) is 23.5 Å². The molecule has 1 aromatic rings. The quantitative estimate of drug-likeness (QED) is 0.494. The minimum Gasteiger partial charge on any atom is -0.595 e. The number of carbonyl (C=O) groups is 2. The summed E-state index contributed by atoms with van der Waals surface area (Å²) in [6.45, 7) is 1.16. The van der Waals surface area contributed by atoms with Crippen molar-refractivity contribution in [3.63, 3.8) is 0 Å². The van der Waals surface area contributed by atoms with Crippen molar-refractivity contribution in [3.05, 3.63) is 57.6 Å². The molecule has 0 bridgehead atoms. The first kappa shape index (κ1) is 22.4. The first-order valence-electron chi connectivity index (χ1n) is 8.30. The second-order valence-corrected chi connectivity index (χ2v) is 6.25. The molecule has 158 valence electrons. The van der Waals surface area contributed by atoms with E-state index in [2.05, 4.69) is 10.1 Å². The third-order valence-corrected chi connectivity index (χ3v) is 4.22. The zero-order chi connectivity index (χ0) is 21.9. The molecule has 29 heavy (non-hydrogen) atoms. The fourth-order valence-electron chi connectivity index (χ4n) is 3.05. The van der Waals surface area contributed by atoms with Crippen LogP contribution in [0.2, 0.25) is 0 Å². The van der Waals surface area contributed by atoms with Gasteiger partial charge in [0.25, 0.3) is 0 Å². The molecule has 0 aliphatic carbocycles. The summed E-state index contributed by atoms with van der Waals surface area (Å²) in [6.07, 6.45) is -4.73. The number of hydrogen-bond acceptors (Lipinski definition) is 7. The zero-order valence-corrected chi connectivity index (χ0v) is 15.7. The molecule has 8 nitrogen and oxygen atoms in total. The van der Waals surface area contributed by atoms with Crippen LogP contribution in [-0.4, -0.2) is 37.0 Å². The molecule has 1 aromatic carbocycles. The summed E-state index contributed by atoms with van der Waals surface area (Å²) in [6, 6.07) is 5.40. The summed E-state index contributed by atoms with van der Waals surface area (Å²) in [7, 11) is 1.11. The average molecular weight is 416 g/mol. The van der Waals surface area contributed by atoms with Gasteiger partial charge in [-0.05, 0) is 19.4 Å². The first-order chi connectivity index (χ1) is 13.5. The Morgan fingerprint density at radius 2 is 1.79 bits per heavy atom. The number of benzene rings is 1. The predicted molar refractivity (Wildman–Crippen MR) is 92.5 cm³/mol. The van der Waals surface area contributed by atoms with Gasteiger partial charge in [-0.3, -0.25) is 0 Å². The smallest absolute Gasteiger partial charge is 0.422 e. The normalized spacial score (nSPS) is 18.3. The van der Waals surface area contributed by atoms with Crippen LogP contribution < -0.4 is 10.5 Å². The fourth-order valence-corrected chi connectivity index (χ4v) is 3.05. The van der Waals surface area contributed by atoms with E-state index in [-0.39, 0.29) is 28.1 Å². The van der Waals surface area contributed by atoms with Crippen LogP contribution in [0.1, 0.15) is 25.3 Å². The molecule has 1 aliphatic rings. The van der Waals surface area contributed by atoms with E-state index in [1.165, 1.54) is 38.1 Å². The average Bonchev–Trinajstić information content (AvgIpc) is 2.64. The first-order valence-corrected chi connectivity index (χ1v) is 8.30. The van der Waals surface area contributed by atoms with Crippen molar-refractivity contribution in [2.75, 3.05) is 13.7 Å². The Bertz CT molecular complexity index is 877. The van der Waals surface area contributed by atoms with Gasteiger partial charge in [-0.1, -0.05) is 12.1 Å². The maximum Gasteiger partial charge on any atom is 0.422 e. The summed E-state index contributed by atoms with van der Waals surface area (Å²) in [5, 5.41) is 22.1. The number of carbonyl (C=O) groups excluding carboxylic acids is 2. The summed E-state index contributed by atoms with van der Waals surface area (Å²) in [4.78, 5) is 24.9. The number of methoxy groups -OCH3 is 1. The number of alkyl halides is 3. The molecule has 0 aromatic heterocycles. The maximum atomic E-state index is 12.5. The van der Waals surface area contributed by atoms with Crippen LogP contribution in [0.5, 0.6) is 0 Å². The second-order valence-electron chi connectivity index (χ2n) is 6.25. The number of rotatable bonds is 5. The van der Waals surface area contributed by atoms with E-state index < -0.39 is 35.9 Å². The molecule has 3 N–H and O–H groups in total. The fraction of sp³-hybridized carbons (Fsp3) is 0.333. The Hall–Kier alpha value is -2.89. The van der Waals surface area contributed by atoms with Gasteiger partial charge < -0.3 is 20.0 Å². The topological polar surface area (TPSA) is 112 Å². The van der Waals surface area contributed by atoms with Gasteiger partial charge in [-0.25, -0.2) is 14.8 Å². The van der Waals surface area contributed by atoms with Crippen molar-refractivity contribution in [3.8, 4) is 0 Å². The molecule has 0 amide bonds. The number of quaternary nitrogens is 1. The van der Waals surface area contributed by atoms with Crippen molar-refractivity contribution in [1.82, 2.24) is 5.32 Å². The van der Waals surface area contributed by atoms with E-state index >= 15 is 0 Å². The minimum atomic E-state index is -4.73. The van der Waals surface area contributed by atoms with E-state index in [9.17, 15) is 33.2 Å². The largest absolute Gasteiger partial charge is 0.595 e. The third-order valence-electron chi connectivity index (χ3n) is 4.22. The Morgan fingerprint density at radius 1 is 1.21 bits per heavy atom. The van der Waals surface area contributed by atoms with E-state index in [1.807, 2.05) is 0 Å².